The van der Waals surface area contributed by atoms with Crippen LogP contribution in [-0.2, 0) is 20.5 Å². The summed E-state index contributed by atoms with van der Waals surface area (Å²) in [6.07, 6.45) is 1.94. The molecule has 0 saturated heterocycles. The van der Waals surface area contributed by atoms with E-state index in [1.807, 2.05) is 20.8 Å². The van der Waals surface area contributed by atoms with Crippen molar-refractivity contribution in [3.05, 3.63) is 17.8 Å². The van der Waals surface area contributed by atoms with Gasteiger partial charge in [-0.25, -0.2) is 13.9 Å². The Hall–Kier alpha value is -1.67. The Morgan fingerprint density at radius 2 is 1.96 bits per heavy atom. The van der Waals surface area contributed by atoms with Crippen LogP contribution in [0.1, 0.15) is 52.6 Å². The number of carbonyl (C=O) groups excluding carboxylic acids is 1. The van der Waals surface area contributed by atoms with Crippen molar-refractivity contribution >= 4 is 17.0 Å². The highest BCUT2D eigenvalue weighted by atomic mass is 32.2. The SMILES string of the molecule is CCOC(=O)C(C)CC(NS(=O)C(C)(C)C)c1c(OC)ccnc1OC. The first-order valence-electron chi connectivity index (χ1n) is 8.57. The van der Waals surface area contributed by atoms with Gasteiger partial charge in [0.05, 0.1) is 54.1 Å². The Morgan fingerprint density at radius 1 is 1.31 bits per heavy atom. The topological polar surface area (TPSA) is 86.8 Å². The summed E-state index contributed by atoms with van der Waals surface area (Å²) in [4.78, 5) is 16.3. The first-order valence-corrected chi connectivity index (χ1v) is 9.72. The number of pyridine rings is 1. The van der Waals surface area contributed by atoms with Gasteiger partial charge in [0.25, 0.3) is 0 Å². The third kappa shape index (κ3) is 5.95. The molecule has 148 valence electrons. The maximum atomic E-state index is 12.7. The zero-order valence-electron chi connectivity index (χ0n) is 16.6. The molecule has 3 unspecified atom stereocenters. The van der Waals surface area contributed by atoms with E-state index in [4.69, 9.17) is 14.2 Å². The minimum Gasteiger partial charge on any atom is -0.496 e. The van der Waals surface area contributed by atoms with Crippen LogP contribution in [0.15, 0.2) is 12.3 Å². The lowest BCUT2D eigenvalue weighted by atomic mass is 9.96. The van der Waals surface area contributed by atoms with Crippen molar-refractivity contribution in [2.75, 3.05) is 20.8 Å². The van der Waals surface area contributed by atoms with E-state index < -0.39 is 27.7 Å². The van der Waals surface area contributed by atoms with Gasteiger partial charge in [-0.1, -0.05) is 6.92 Å². The molecule has 0 radical (unpaired) electrons. The second-order valence-electron chi connectivity index (χ2n) is 6.88. The molecule has 0 aromatic carbocycles. The molecule has 0 amide bonds. The van der Waals surface area contributed by atoms with E-state index in [0.717, 1.165) is 0 Å². The summed E-state index contributed by atoms with van der Waals surface area (Å²) in [5.41, 5.74) is 0.631. The molecule has 26 heavy (non-hydrogen) atoms. The molecule has 3 atom stereocenters. The second kappa shape index (κ2) is 9.87. The molecule has 0 saturated carbocycles. The van der Waals surface area contributed by atoms with E-state index in [0.29, 0.717) is 30.2 Å². The highest BCUT2D eigenvalue weighted by Gasteiger charge is 2.31. The van der Waals surface area contributed by atoms with Crippen LogP contribution in [0.2, 0.25) is 0 Å². The van der Waals surface area contributed by atoms with Crippen LogP contribution in [-0.4, -0.2) is 40.7 Å². The number of esters is 1. The predicted molar refractivity (Wildman–Crippen MR) is 102 cm³/mol. The molecule has 0 fully saturated rings. The number of rotatable bonds is 9. The third-order valence-corrected chi connectivity index (χ3v) is 5.37. The van der Waals surface area contributed by atoms with E-state index in [9.17, 15) is 9.00 Å². The largest absolute Gasteiger partial charge is 0.496 e. The summed E-state index contributed by atoms with van der Waals surface area (Å²) in [5.74, 6) is 0.210. The molecular weight excluding hydrogens is 356 g/mol. The highest BCUT2D eigenvalue weighted by Crippen LogP contribution is 2.36. The molecule has 8 heteroatoms. The summed E-state index contributed by atoms with van der Waals surface area (Å²) in [7, 11) is 1.70. The smallest absolute Gasteiger partial charge is 0.308 e. The summed E-state index contributed by atoms with van der Waals surface area (Å²) in [5, 5.41) is 0. The van der Waals surface area contributed by atoms with Crippen LogP contribution < -0.4 is 14.2 Å². The van der Waals surface area contributed by atoms with E-state index in [2.05, 4.69) is 9.71 Å². The molecule has 0 aliphatic carbocycles. The number of methoxy groups -OCH3 is 2. The summed E-state index contributed by atoms with van der Waals surface area (Å²) in [6.45, 7) is 9.48. The van der Waals surface area contributed by atoms with Crippen LogP contribution in [0.5, 0.6) is 11.6 Å². The number of nitrogens with one attached hydrogen (secondary N) is 1. The Kier molecular flexibility index (Phi) is 8.49. The van der Waals surface area contributed by atoms with Gasteiger partial charge < -0.3 is 14.2 Å². The van der Waals surface area contributed by atoms with Gasteiger partial charge in [0.2, 0.25) is 5.88 Å². The van der Waals surface area contributed by atoms with E-state index >= 15 is 0 Å². The molecule has 0 aliphatic rings. The van der Waals surface area contributed by atoms with Crippen molar-refractivity contribution in [3.63, 3.8) is 0 Å². The molecule has 1 heterocycles. The van der Waals surface area contributed by atoms with Crippen LogP contribution in [0.3, 0.4) is 0 Å². The Morgan fingerprint density at radius 3 is 2.46 bits per heavy atom. The lowest BCUT2D eigenvalue weighted by Crippen LogP contribution is -2.37. The van der Waals surface area contributed by atoms with Gasteiger partial charge >= 0.3 is 5.97 Å². The van der Waals surface area contributed by atoms with Gasteiger partial charge in [0.1, 0.15) is 5.75 Å². The molecular formula is C18H30N2O5S. The monoisotopic (exact) mass is 386 g/mol. The maximum absolute atomic E-state index is 12.7. The minimum absolute atomic E-state index is 0.303. The second-order valence-corrected chi connectivity index (χ2v) is 8.87. The fourth-order valence-electron chi connectivity index (χ4n) is 2.36. The van der Waals surface area contributed by atoms with E-state index in [1.54, 1.807) is 33.2 Å². The average molecular weight is 387 g/mol. The molecule has 1 rings (SSSR count). The van der Waals surface area contributed by atoms with E-state index in [1.165, 1.54) is 7.11 Å². The van der Waals surface area contributed by atoms with E-state index in [-0.39, 0.29) is 5.97 Å². The van der Waals surface area contributed by atoms with Crippen LogP contribution in [0, 0.1) is 5.92 Å². The van der Waals surface area contributed by atoms with Gasteiger partial charge in [-0.2, -0.15) is 0 Å². The number of nitrogens with zero attached hydrogens (tertiary/aromatic N) is 1. The highest BCUT2D eigenvalue weighted by molar-refractivity contribution is 7.84. The predicted octanol–water partition coefficient (Wildman–Crippen LogP) is 2.78. The van der Waals surface area contributed by atoms with Gasteiger partial charge in [-0.3, -0.25) is 4.79 Å². The van der Waals surface area contributed by atoms with Crippen molar-refractivity contribution < 1.29 is 23.2 Å². The minimum atomic E-state index is -1.36. The van der Waals surface area contributed by atoms with Gasteiger partial charge in [0.15, 0.2) is 0 Å². The summed E-state index contributed by atoms with van der Waals surface area (Å²) >= 11 is 0. The molecule has 1 N–H and O–H groups in total. The van der Waals surface area contributed by atoms with Crippen molar-refractivity contribution in [3.8, 4) is 11.6 Å². The van der Waals surface area contributed by atoms with Gasteiger partial charge in [0, 0.05) is 6.20 Å². The van der Waals surface area contributed by atoms with Gasteiger partial charge in [-0.05, 0) is 40.2 Å². The normalized spacial score (nSPS) is 15.0. The lowest BCUT2D eigenvalue weighted by Gasteiger charge is -2.27. The molecule has 0 aliphatic heterocycles. The molecule has 1 aromatic heterocycles. The Labute approximate surface area is 158 Å². The molecule has 0 bridgehead atoms. The number of hydrogen-bond acceptors (Lipinski definition) is 6. The lowest BCUT2D eigenvalue weighted by molar-refractivity contribution is -0.147. The zero-order chi connectivity index (χ0) is 19.9. The number of hydrogen-bond donors (Lipinski definition) is 1. The average Bonchev–Trinajstić information content (AvgIpc) is 2.59. The fourth-order valence-corrected chi connectivity index (χ4v) is 3.19. The van der Waals surface area contributed by atoms with Crippen LogP contribution in [0.25, 0.3) is 0 Å². The molecule has 7 nitrogen and oxygen atoms in total. The quantitative estimate of drug-likeness (QED) is 0.657. The van der Waals surface area contributed by atoms with Gasteiger partial charge in [-0.15, -0.1) is 0 Å². The Bertz CT molecular complexity index is 608. The third-order valence-electron chi connectivity index (χ3n) is 3.76. The first-order chi connectivity index (χ1) is 12.1. The first kappa shape index (κ1) is 22.4. The van der Waals surface area contributed by atoms with Crippen molar-refractivity contribution in [1.29, 1.82) is 0 Å². The maximum Gasteiger partial charge on any atom is 0.308 e. The molecule has 1 aromatic rings. The Balaban J connectivity index is 3.28. The van der Waals surface area contributed by atoms with Crippen LogP contribution >= 0.6 is 0 Å². The van der Waals surface area contributed by atoms with Crippen LogP contribution in [0.4, 0.5) is 0 Å². The number of carbonyl (C=O) groups is 1. The standard InChI is InChI=1S/C18H30N2O5S/c1-8-25-17(21)12(2)11-13(20-26(22)18(3,4)5)15-14(23-6)9-10-19-16(15)24-7/h9-10,12-13,20H,8,11H2,1-7H3. The zero-order valence-corrected chi connectivity index (χ0v) is 17.4. The number of ether oxygens (including phenoxy) is 3. The van der Waals surface area contributed by atoms with Crippen molar-refractivity contribution in [2.24, 2.45) is 5.92 Å². The fraction of sp³-hybridized carbons (Fsp3) is 0.667. The molecule has 0 spiro atoms. The van der Waals surface area contributed by atoms with Crippen molar-refractivity contribution in [2.45, 2.75) is 51.8 Å². The summed E-state index contributed by atoms with van der Waals surface area (Å²) in [6, 6.07) is 1.25. The number of aromatic nitrogens is 1. The van der Waals surface area contributed by atoms with Crippen molar-refractivity contribution in [1.82, 2.24) is 9.71 Å². The summed E-state index contributed by atoms with van der Waals surface area (Å²) < 4.78 is 31.3.